The number of nitrogens with two attached hydrogens (primary N) is 1. The van der Waals surface area contributed by atoms with Crippen LogP contribution in [0.15, 0.2) is 48.5 Å². The molecule has 0 unspecified atom stereocenters. The lowest BCUT2D eigenvalue weighted by atomic mass is 10.1. The fourth-order valence-corrected chi connectivity index (χ4v) is 2.18. The SMILES string of the molecule is Cc1ccccc1C(=O)N(CCN)c1ccc(Cl)cc1. The Morgan fingerprint density at radius 3 is 2.40 bits per heavy atom. The molecule has 2 aromatic carbocycles. The summed E-state index contributed by atoms with van der Waals surface area (Å²) in [4.78, 5) is 14.4. The highest BCUT2D eigenvalue weighted by Gasteiger charge is 2.18. The second-order valence-electron chi connectivity index (χ2n) is 4.54. The molecule has 0 fully saturated rings. The highest BCUT2D eigenvalue weighted by Crippen LogP contribution is 2.21. The molecule has 0 spiro atoms. The van der Waals surface area contributed by atoms with Crippen LogP contribution in [0, 0.1) is 6.92 Å². The summed E-state index contributed by atoms with van der Waals surface area (Å²) in [7, 11) is 0. The molecule has 0 heterocycles. The second kappa shape index (κ2) is 6.55. The standard InChI is InChI=1S/C16H17ClN2O/c1-12-4-2-3-5-15(12)16(20)19(11-10-18)14-8-6-13(17)7-9-14/h2-9H,10-11,18H2,1H3. The molecule has 20 heavy (non-hydrogen) atoms. The molecule has 0 aromatic heterocycles. The van der Waals surface area contributed by atoms with Gasteiger partial charge < -0.3 is 10.6 Å². The van der Waals surface area contributed by atoms with Gasteiger partial charge >= 0.3 is 0 Å². The smallest absolute Gasteiger partial charge is 0.258 e. The predicted octanol–water partition coefficient (Wildman–Crippen LogP) is 3.25. The fourth-order valence-electron chi connectivity index (χ4n) is 2.06. The summed E-state index contributed by atoms with van der Waals surface area (Å²) >= 11 is 5.89. The Labute approximate surface area is 124 Å². The average molecular weight is 289 g/mol. The van der Waals surface area contributed by atoms with Gasteiger partial charge in [-0.25, -0.2) is 0 Å². The number of amides is 1. The molecule has 0 radical (unpaired) electrons. The topological polar surface area (TPSA) is 46.3 Å². The van der Waals surface area contributed by atoms with Crippen molar-refractivity contribution in [3.05, 3.63) is 64.7 Å². The van der Waals surface area contributed by atoms with E-state index >= 15 is 0 Å². The lowest BCUT2D eigenvalue weighted by molar-refractivity contribution is 0.0987. The van der Waals surface area contributed by atoms with Gasteiger partial charge in [-0.15, -0.1) is 0 Å². The van der Waals surface area contributed by atoms with Crippen LogP contribution >= 0.6 is 11.6 Å². The molecule has 3 nitrogen and oxygen atoms in total. The zero-order valence-corrected chi connectivity index (χ0v) is 12.1. The van der Waals surface area contributed by atoms with Crippen LogP contribution in [0.4, 0.5) is 5.69 Å². The van der Waals surface area contributed by atoms with E-state index < -0.39 is 0 Å². The first-order valence-electron chi connectivity index (χ1n) is 6.46. The largest absolute Gasteiger partial charge is 0.329 e. The molecule has 2 N–H and O–H groups in total. The van der Waals surface area contributed by atoms with E-state index in [-0.39, 0.29) is 5.91 Å². The third-order valence-electron chi connectivity index (χ3n) is 3.11. The summed E-state index contributed by atoms with van der Waals surface area (Å²) < 4.78 is 0. The van der Waals surface area contributed by atoms with Crippen molar-refractivity contribution < 1.29 is 4.79 Å². The Hall–Kier alpha value is -1.84. The van der Waals surface area contributed by atoms with Crippen LogP contribution in [0.3, 0.4) is 0 Å². The molecule has 0 atom stereocenters. The van der Waals surface area contributed by atoms with Crippen LogP contribution in [0.1, 0.15) is 15.9 Å². The summed E-state index contributed by atoms with van der Waals surface area (Å²) in [5, 5.41) is 0.643. The maximum Gasteiger partial charge on any atom is 0.258 e. The first kappa shape index (κ1) is 14.6. The summed E-state index contributed by atoms with van der Waals surface area (Å²) in [5.74, 6) is -0.0455. The Bertz CT molecular complexity index is 596. The summed E-state index contributed by atoms with van der Waals surface area (Å²) in [5.41, 5.74) is 8.07. The van der Waals surface area contributed by atoms with Crippen LogP contribution in [-0.2, 0) is 0 Å². The number of carbonyl (C=O) groups is 1. The van der Waals surface area contributed by atoms with Crippen molar-refractivity contribution in [2.75, 3.05) is 18.0 Å². The van der Waals surface area contributed by atoms with Gasteiger partial charge in [0.15, 0.2) is 0 Å². The van der Waals surface area contributed by atoms with E-state index in [1.807, 2.05) is 43.3 Å². The van der Waals surface area contributed by atoms with Gasteiger partial charge in [0.1, 0.15) is 0 Å². The van der Waals surface area contributed by atoms with Crippen molar-refractivity contribution in [3.8, 4) is 0 Å². The van der Waals surface area contributed by atoms with Gasteiger partial charge in [0, 0.05) is 29.4 Å². The molecule has 1 amide bonds. The number of rotatable bonds is 4. The summed E-state index contributed by atoms with van der Waals surface area (Å²) in [6.45, 7) is 2.80. The molecule has 2 rings (SSSR count). The van der Waals surface area contributed by atoms with Gasteiger partial charge in [0.05, 0.1) is 0 Å². The van der Waals surface area contributed by atoms with Crippen LogP contribution < -0.4 is 10.6 Å². The van der Waals surface area contributed by atoms with Gasteiger partial charge in [-0.05, 0) is 42.8 Å². The minimum atomic E-state index is -0.0455. The van der Waals surface area contributed by atoms with Crippen LogP contribution in [-0.4, -0.2) is 19.0 Å². The quantitative estimate of drug-likeness (QED) is 0.939. The normalized spacial score (nSPS) is 10.3. The zero-order valence-electron chi connectivity index (χ0n) is 11.3. The lowest BCUT2D eigenvalue weighted by Gasteiger charge is -2.23. The summed E-state index contributed by atoms with van der Waals surface area (Å²) in [6, 6.07) is 14.7. The maximum absolute atomic E-state index is 12.7. The van der Waals surface area contributed by atoms with Gasteiger partial charge in [0.25, 0.3) is 5.91 Å². The number of benzene rings is 2. The van der Waals surface area contributed by atoms with E-state index in [1.165, 1.54) is 0 Å². The number of nitrogens with zero attached hydrogens (tertiary/aromatic N) is 1. The van der Waals surface area contributed by atoms with Crippen molar-refractivity contribution in [2.45, 2.75) is 6.92 Å². The zero-order chi connectivity index (χ0) is 14.5. The second-order valence-corrected chi connectivity index (χ2v) is 4.97. The number of anilines is 1. The Morgan fingerprint density at radius 2 is 1.80 bits per heavy atom. The van der Waals surface area contributed by atoms with E-state index in [0.29, 0.717) is 23.7 Å². The predicted molar refractivity (Wildman–Crippen MR) is 83.4 cm³/mol. The summed E-state index contributed by atoms with van der Waals surface area (Å²) in [6.07, 6.45) is 0. The number of aryl methyl sites for hydroxylation is 1. The van der Waals surface area contributed by atoms with E-state index in [1.54, 1.807) is 17.0 Å². The number of carbonyl (C=O) groups excluding carboxylic acids is 1. The van der Waals surface area contributed by atoms with Gasteiger partial charge in [-0.2, -0.15) is 0 Å². The molecule has 0 saturated heterocycles. The molecule has 0 aliphatic rings. The van der Waals surface area contributed by atoms with Crippen molar-refractivity contribution in [1.82, 2.24) is 0 Å². The highest BCUT2D eigenvalue weighted by molar-refractivity contribution is 6.30. The number of hydrogen-bond acceptors (Lipinski definition) is 2. The third-order valence-corrected chi connectivity index (χ3v) is 3.36. The molecule has 0 aliphatic heterocycles. The van der Waals surface area contributed by atoms with Gasteiger partial charge in [0.2, 0.25) is 0 Å². The number of hydrogen-bond donors (Lipinski definition) is 1. The Balaban J connectivity index is 2.36. The van der Waals surface area contributed by atoms with Crippen LogP contribution in [0.5, 0.6) is 0 Å². The van der Waals surface area contributed by atoms with Crippen molar-refractivity contribution in [2.24, 2.45) is 5.73 Å². The Morgan fingerprint density at radius 1 is 1.15 bits per heavy atom. The third kappa shape index (κ3) is 3.18. The fraction of sp³-hybridized carbons (Fsp3) is 0.188. The maximum atomic E-state index is 12.7. The molecule has 0 saturated carbocycles. The van der Waals surface area contributed by atoms with E-state index in [4.69, 9.17) is 17.3 Å². The molecule has 0 aliphatic carbocycles. The minimum Gasteiger partial charge on any atom is -0.329 e. The molecule has 0 bridgehead atoms. The first-order chi connectivity index (χ1) is 9.63. The molecular weight excluding hydrogens is 272 g/mol. The van der Waals surface area contributed by atoms with Crippen molar-refractivity contribution in [1.29, 1.82) is 0 Å². The highest BCUT2D eigenvalue weighted by atomic mass is 35.5. The Kier molecular flexibility index (Phi) is 4.77. The van der Waals surface area contributed by atoms with E-state index in [9.17, 15) is 4.79 Å². The van der Waals surface area contributed by atoms with Crippen molar-refractivity contribution in [3.63, 3.8) is 0 Å². The van der Waals surface area contributed by atoms with Crippen molar-refractivity contribution >= 4 is 23.2 Å². The molecule has 104 valence electrons. The molecule has 2 aromatic rings. The van der Waals surface area contributed by atoms with Gasteiger partial charge in [-0.1, -0.05) is 29.8 Å². The number of halogens is 1. The van der Waals surface area contributed by atoms with E-state index in [2.05, 4.69) is 0 Å². The molecule has 4 heteroatoms. The van der Waals surface area contributed by atoms with E-state index in [0.717, 1.165) is 11.3 Å². The van der Waals surface area contributed by atoms with Crippen LogP contribution in [0.2, 0.25) is 5.02 Å². The monoisotopic (exact) mass is 288 g/mol. The van der Waals surface area contributed by atoms with Gasteiger partial charge in [-0.3, -0.25) is 4.79 Å². The van der Waals surface area contributed by atoms with Crippen LogP contribution in [0.25, 0.3) is 0 Å². The average Bonchev–Trinajstić information content (AvgIpc) is 2.46. The lowest BCUT2D eigenvalue weighted by Crippen LogP contribution is -2.35. The first-order valence-corrected chi connectivity index (χ1v) is 6.84. The minimum absolute atomic E-state index is 0.0455. The molecular formula is C16H17ClN2O.